The Morgan fingerprint density at radius 3 is 2.63 bits per heavy atom. The number of nitro groups is 1. The third kappa shape index (κ3) is 2.82. The molecule has 2 rings (SSSR count). The number of nitro benzene ring substituents is 1. The molecule has 0 saturated carbocycles. The largest absolute Gasteiger partial charge is 0.457 e. The van der Waals surface area contributed by atoms with Gasteiger partial charge in [-0.2, -0.15) is 0 Å². The highest BCUT2D eigenvalue weighted by atomic mass is 16.6. The summed E-state index contributed by atoms with van der Waals surface area (Å²) in [6.45, 7) is 3.91. The minimum absolute atomic E-state index is 0.0830. The van der Waals surface area contributed by atoms with Crippen LogP contribution in [-0.4, -0.2) is 4.92 Å². The molecular weight excluding hydrogens is 244 g/mol. The Balaban J connectivity index is 2.38. The number of non-ortho nitro benzene ring substituents is 1. The van der Waals surface area contributed by atoms with Crippen molar-refractivity contribution in [2.24, 2.45) is 0 Å². The van der Waals surface area contributed by atoms with Gasteiger partial charge in [0.1, 0.15) is 11.5 Å². The van der Waals surface area contributed by atoms with Crippen LogP contribution in [-0.2, 0) is 0 Å². The average molecular weight is 258 g/mol. The van der Waals surface area contributed by atoms with Crippen LogP contribution in [0.15, 0.2) is 36.4 Å². The predicted molar refractivity (Wildman–Crippen MR) is 73.5 cm³/mol. The second kappa shape index (κ2) is 4.97. The van der Waals surface area contributed by atoms with E-state index in [-0.39, 0.29) is 5.69 Å². The zero-order chi connectivity index (χ0) is 14.0. The van der Waals surface area contributed by atoms with E-state index in [0.717, 1.165) is 11.1 Å². The highest BCUT2D eigenvalue weighted by molar-refractivity contribution is 5.54. The van der Waals surface area contributed by atoms with Crippen molar-refractivity contribution in [1.82, 2.24) is 0 Å². The maximum Gasteiger partial charge on any atom is 0.275 e. The molecule has 0 bridgehead atoms. The first kappa shape index (κ1) is 12.9. The summed E-state index contributed by atoms with van der Waals surface area (Å²) in [6, 6.07) is 9.89. The number of benzene rings is 2. The Labute approximate surface area is 110 Å². The third-order valence-electron chi connectivity index (χ3n) is 2.91. The number of anilines is 1. The van der Waals surface area contributed by atoms with Crippen LogP contribution in [0.1, 0.15) is 11.1 Å². The van der Waals surface area contributed by atoms with Gasteiger partial charge in [0, 0.05) is 17.8 Å². The first-order valence-electron chi connectivity index (χ1n) is 5.76. The molecule has 0 fully saturated rings. The minimum atomic E-state index is -0.494. The molecule has 0 heterocycles. The second-order valence-corrected chi connectivity index (χ2v) is 4.32. The molecule has 0 aromatic heterocycles. The van der Waals surface area contributed by atoms with Gasteiger partial charge in [0.2, 0.25) is 0 Å². The van der Waals surface area contributed by atoms with E-state index in [0.29, 0.717) is 17.2 Å². The van der Waals surface area contributed by atoms with Crippen molar-refractivity contribution in [3.8, 4) is 11.5 Å². The lowest BCUT2D eigenvalue weighted by atomic mass is 10.1. The lowest BCUT2D eigenvalue weighted by Crippen LogP contribution is -1.95. The summed E-state index contributed by atoms with van der Waals surface area (Å²) in [5.41, 5.74) is 7.94. The van der Waals surface area contributed by atoms with Crippen LogP contribution in [0.4, 0.5) is 11.4 Å². The molecule has 0 aliphatic rings. The second-order valence-electron chi connectivity index (χ2n) is 4.32. The smallest absolute Gasteiger partial charge is 0.275 e. The standard InChI is InChI=1S/C14H14N2O3/c1-9-4-3-5-14(10(9)2)19-13-7-11(15)6-12(8-13)16(17)18/h3-8H,15H2,1-2H3. The van der Waals surface area contributed by atoms with Crippen LogP contribution in [0.5, 0.6) is 11.5 Å². The number of ether oxygens (including phenoxy) is 1. The van der Waals surface area contributed by atoms with Gasteiger partial charge in [-0.1, -0.05) is 12.1 Å². The molecule has 98 valence electrons. The first-order chi connectivity index (χ1) is 8.97. The van der Waals surface area contributed by atoms with Crippen molar-refractivity contribution < 1.29 is 9.66 Å². The number of nitrogen functional groups attached to an aromatic ring is 1. The fourth-order valence-electron chi connectivity index (χ4n) is 1.73. The van der Waals surface area contributed by atoms with Crippen LogP contribution < -0.4 is 10.5 Å². The molecule has 2 N–H and O–H groups in total. The number of hydrogen-bond acceptors (Lipinski definition) is 4. The van der Waals surface area contributed by atoms with Gasteiger partial charge in [-0.05, 0) is 31.0 Å². The number of rotatable bonds is 3. The predicted octanol–water partition coefficient (Wildman–Crippen LogP) is 3.59. The van der Waals surface area contributed by atoms with E-state index < -0.39 is 4.92 Å². The molecule has 0 spiro atoms. The highest BCUT2D eigenvalue weighted by Gasteiger charge is 2.11. The molecule has 0 saturated heterocycles. The van der Waals surface area contributed by atoms with Gasteiger partial charge >= 0.3 is 0 Å². The third-order valence-corrected chi connectivity index (χ3v) is 2.91. The van der Waals surface area contributed by atoms with Crippen LogP contribution in [0.3, 0.4) is 0 Å². The van der Waals surface area contributed by atoms with E-state index in [1.807, 2.05) is 32.0 Å². The van der Waals surface area contributed by atoms with E-state index in [2.05, 4.69) is 0 Å². The van der Waals surface area contributed by atoms with E-state index in [1.165, 1.54) is 12.1 Å². The number of nitrogens with zero attached hydrogens (tertiary/aromatic N) is 1. The van der Waals surface area contributed by atoms with Crippen LogP contribution in [0.25, 0.3) is 0 Å². The quantitative estimate of drug-likeness (QED) is 0.518. The van der Waals surface area contributed by atoms with Crippen LogP contribution in [0.2, 0.25) is 0 Å². The zero-order valence-corrected chi connectivity index (χ0v) is 10.7. The van der Waals surface area contributed by atoms with Gasteiger partial charge in [0.25, 0.3) is 5.69 Å². The van der Waals surface area contributed by atoms with Crippen molar-refractivity contribution in [3.05, 3.63) is 57.6 Å². The maximum atomic E-state index is 10.8. The zero-order valence-electron chi connectivity index (χ0n) is 10.7. The summed E-state index contributed by atoms with van der Waals surface area (Å²) in [5.74, 6) is 1.03. The summed E-state index contributed by atoms with van der Waals surface area (Å²) in [7, 11) is 0. The van der Waals surface area contributed by atoms with Crippen LogP contribution in [0, 0.1) is 24.0 Å². The van der Waals surface area contributed by atoms with Gasteiger partial charge in [0.15, 0.2) is 0 Å². The number of aryl methyl sites for hydroxylation is 1. The topological polar surface area (TPSA) is 78.4 Å². The van der Waals surface area contributed by atoms with Gasteiger partial charge in [0.05, 0.1) is 11.0 Å². The molecule has 5 nitrogen and oxygen atoms in total. The molecule has 2 aromatic carbocycles. The first-order valence-corrected chi connectivity index (χ1v) is 5.76. The number of nitrogens with two attached hydrogens (primary N) is 1. The summed E-state index contributed by atoms with van der Waals surface area (Å²) in [6.07, 6.45) is 0. The molecule has 0 aliphatic carbocycles. The van der Waals surface area contributed by atoms with Crippen molar-refractivity contribution >= 4 is 11.4 Å². The number of hydrogen-bond donors (Lipinski definition) is 1. The van der Waals surface area contributed by atoms with Crippen molar-refractivity contribution in [2.45, 2.75) is 13.8 Å². The lowest BCUT2D eigenvalue weighted by molar-refractivity contribution is -0.384. The molecule has 0 aliphatic heterocycles. The average Bonchev–Trinajstić information content (AvgIpc) is 2.34. The Morgan fingerprint density at radius 2 is 1.95 bits per heavy atom. The summed E-state index contributed by atoms with van der Waals surface area (Å²) < 4.78 is 5.68. The van der Waals surface area contributed by atoms with E-state index in [1.54, 1.807) is 6.07 Å². The van der Waals surface area contributed by atoms with Crippen molar-refractivity contribution in [2.75, 3.05) is 5.73 Å². The SMILES string of the molecule is Cc1cccc(Oc2cc(N)cc([N+](=O)[O-])c2)c1C. The van der Waals surface area contributed by atoms with E-state index in [4.69, 9.17) is 10.5 Å². The van der Waals surface area contributed by atoms with Crippen molar-refractivity contribution in [3.63, 3.8) is 0 Å². The molecule has 0 atom stereocenters. The van der Waals surface area contributed by atoms with Crippen LogP contribution >= 0.6 is 0 Å². The Hall–Kier alpha value is -2.56. The fourth-order valence-corrected chi connectivity index (χ4v) is 1.73. The fraction of sp³-hybridized carbons (Fsp3) is 0.143. The highest BCUT2D eigenvalue weighted by Crippen LogP contribution is 2.30. The van der Waals surface area contributed by atoms with Gasteiger partial charge in [-0.3, -0.25) is 10.1 Å². The molecule has 2 aromatic rings. The monoisotopic (exact) mass is 258 g/mol. The van der Waals surface area contributed by atoms with Gasteiger partial charge in [-0.15, -0.1) is 0 Å². The van der Waals surface area contributed by atoms with Gasteiger partial charge < -0.3 is 10.5 Å². The molecule has 0 amide bonds. The maximum absolute atomic E-state index is 10.8. The molecule has 0 unspecified atom stereocenters. The summed E-state index contributed by atoms with van der Waals surface area (Å²) >= 11 is 0. The molecule has 5 heteroatoms. The minimum Gasteiger partial charge on any atom is -0.457 e. The summed E-state index contributed by atoms with van der Waals surface area (Å²) in [4.78, 5) is 10.3. The van der Waals surface area contributed by atoms with E-state index in [9.17, 15) is 10.1 Å². The Bertz CT molecular complexity index is 639. The normalized spacial score (nSPS) is 10.2. The Kier molecular flexibility index (Phi) is 3.37. The lowest BCUT2D eigenvalue weighted by Gasteiger charge is -2.10. The van der Waals surface area contributed by atoms with Crippen molar-refractivity contribution in [1.29, 1.82) is 0 Å². The Morgan fingerprint density at radius 1 is 1.21 bits per heavy atom. The molecule has 0 radical (unpaired) electrons. The molecular formula is C14H14N2O3. The van der Waals surface area contributed by atoms with E-state index >= 15 is 0 Å². The van der Waals surface area contributed by atoms with Gasteiger partial charge in [-0.25, -0.2) is 0 Å². The summed E-state index contributed by atoms with van der Waals surface area (Å²) in [5, 5.41) is 10.8. The molecule has 19 heavy (non-hydrogen) atoms.